The van der Waals surface area contributed by atoms with Crippen molar-refractivity contribution < 1.29 is 14.4 Å². The highest BCUT2D eigenvalue weighted by molar-refractivity contribution is 6.05. The molecule has 3 N–H and O–H groups in total. The molecule has 9 nitrogen and oxygen atoms in total. The number of rotatable bonds is 5. The van der Waals surface area contributed by atoms with Gasteiger partial charge in [0.25, 0.3) is 23.3 Å². The topological polar surface area (TPSA) is 122 Å². The van der Waals surface area contributed by atoms with Crippen molar-refractivity contribution in [2.45, 2.75) is 13.5 Å². The first kappa shape index (κ1) is 19.7. The summed E-state index contributed by atoms with van der Waals surface area (Å²) in [5.74, 6) is -1.70. The van der Waals surface area contributed by atoms with Crippen LogP contribution < -0.4 is 21.7 Å². The molecule has 0 unspecified atom stereocenters. The van der Waals surface area contributed by atoms with Gasteiger partial charge in [-0.1, -0.05) is 36.4 Å². The molecule has 0 aliphatic carbocycles. The van der Waals surface area contributed by atoms with Crippen molar-refractivity contribution >= 4 is 28.5 Å². The van der Waals surface area contributed by atoms with Crippen LogP contribution in [0.2, 0.25) is 0 Å². The van der Waals surface area contributed by atoms with E-state index < -0.39 is 17.7 Å². The second-order valence-corrected chi connectivity index (χ2v) is 6.07. The third kappa shape index (κ3) is 4.46. The summed E-state index contributed by atoms with van der Waals surface area (Å²) in [4.78, 5) is 48.7. The van der Waals surface area contributed by atoms with Crippen molar-refractivity contribution in [3.63, 3.8) is 0 Å². The first-order valence-electron chi connectivity index (χ1n) is 8.93. The smallest absolute Gasteiger partial charge is 0.290 e. The van der Waals surface area contributed by atoms with Crippen LogP contribution in [-0.4, -0.2) is 34.0 Å². The van der Waals surface area contributed by atoms with Crippen LogP contribution in [0, 0.1) is 0 Å². The number of nitrogens with one attached hydrogen (secondary N) is 3. The Morgan fingerprint density at radius 1 is 0.897 bits per heavy atom. The van der Waals surface area contributed by atoms with Crippen LogP contribution in [-0.2, 0) is 11.3 Å². The number of nitrogens with zero attached hydrogens (tertiary/aromatic N) is 2. The van der Waals surface area contributed by atoms with Crippen molar-refractivity contribution in [2.75, 3.05) is 6.54 Å². The summed E-state index contributed by atoms with van der Waals surface area (Å²) in [6.45, 7) is 1.71. The van der Waals surface area contributed by atoms with Gasteiger partial charge in [-0.05, 0) is 25.1 Å². The van der Waals surface area contributed by atoms with E-state index in [1.807, 2.05) is 0 Å². The maximum Gasteiger partial charge on any atom is 0.290 e. The Kier molecular flexibility index (Phi) is 5.98. The van der Waals surface area contributed by atoms with E-state index in [0.717, 1.165) is 0 Å². The molecule has 0 fully saturated rings. The number of hydrogen-bond acceptors (Lipinski definition) is 5. The van der Waals surface area contributed by atoms with Gasteiger partial charge in [-0.15, -0.1) is 0 Å². The van der Waals surface area contributed by atoms with Gasteiger partial charge in [-0.25, -0.2) is 4.68 Å². The van der Waals surface area contributed by atoms with E-state index in [-0.39, 0.29) is 17.8 Å². The summed E-state index contributed by atoms with van der Waals surface area (Å²) >= 11 is 0. The zero-order valence-electron chi connectivity index (χ0n) is 15.6. The molecule has 0 bridgehead atoms. The van der Waals surface area contributed by atoms with Crippen molar-refractivity contribution in [2.24, 2.45) is 0 Å². The monoisotopic (exact) mass is 393 g/mol. The number of aromatic nitrogens is 2. The SMILES string of the molecule is CCn1nc(C(=O)NNC(=O)CNC(=O)c2ccccc2)c2ccccc2c1=O. The molecule has 3 amide bonds. The van der Waals surface area contributed by atoms with Crippen molar-refractivity contribution in [1.82, 2.24) is 25.9 Å². The molecule has 0 saturated carbocycles. The molecule has 29 heavy (non-hydrogen) atoms. The van der Waals surface area contributed by atoms with E-state index in [4.69, 9.17) is 0 Å². The summed E-state index contributed by atoms with van der Waals surface area (Å²) in [5, 5.41) is 7.27. The van der Waals surface area contributed by atoms with Gasteiger partial charge < -0.3 is 5.32 Å². The standard InChI is InChI=1S/C20H19N5O4/c1-2-25-20(29)15-11-7-6-10-14(15)17(24-25)19(28)23-22-16(26)12-21-18(27)13-8-4-3-5-9-13/h3-11H,2,12H2,1H3,(H,21,27)(H,22,26)(H,23,28). The molecule has 3 aromatic rings. The lowest BCUT2D eigenvalue weighted by Crippen LogP contribution is -2.47. The van der Waals surface area contributed by atoms with Crippen LogP contribution >= 0.6 is 0 Å². The van der Waals surface area contributed by atoms with Gasteiger partial charge in [0.05, 0.1) is 11.9 Å². The van der Waals surface area contributed by atoms with E-state index in [1.54, 1.807) is 61.5 Å². The molecule has 3 rings (SSSR count). The van der Waals surface area contributed by atoms with Gasteiger partial charge in [0.1, 0.15) is 0 Å². The van der Waals surface area contributed by atoms with Crippen LogP contribution in [0.15, 0.2) is 59.4 Å². The van der Waals surface area contributed by atoms with Gasteiger partial charge in [0, 0.05) is 17.5 Å². The minimum absolute atomic E-state index is 0.00988. The molecule has 2 aromatic carbocycles. The average molecular weight is 393 g/mol. The van der Waals surface area contributed by atoms with Crippen LogP contribution in [0.25, 0.3) is 10.8 Å². The molecule has 0 radical (unpaired) electrons. The highest BCUT2D eigenvalue weighted by Crippen LogP contribution is 2.12. The van der Waals surface area contributed by atoms with E-state index in [9.17, 15) is 19.2 Å². The largest absolute Gasteiger partial charge is 0.343 e. The molecule has 0 aliphatic heterocycles. The lowest BCUT2D eigenvalue weighted by Gasteiger charge is -2.11. The lowest BCUT2D eigenvalue weighted by atomic mass is 10.1. The number of hydrogen-bond donors (Lipinski definition) is 3. The van der Waals surface area contributed by atoms with Gasteiger partial charge in [-0.3, -0.25) is 30.0 Å². The van der Waals surface area contributed by atoms with Crippen LogP contribution in [0.3, 0.4) is 0 Å². The van der Waals surface area contributed by atoms with Gasteiger partial charge in [-0.2, -0.15) is 5.10 Å². The van der Waals surface area contributed by atoms with Crippen LogP contribution in [0.5, 0.6) is 0 Å². The summed E-state index contributed by atoms with van der Waals surface area (Å²) in [6, 6.07) is 15.0. The van der Waals surface area contributed by atoms with Crippen molar-refractivity contribution in [3.8, 4) is 0 Å². The zero-order valence-corrected chi connectivity index (χ0v) is 15.6. The summed E-state index contributed by atoms with van der Waals surface area (Å²) in [5.41, 5.74) is 4.61. The molecule has 148 valence electrons. The number of aryl methyl sites for hydroxylation is 1. The third-order valence-electron chi connectivity index (χ3n) is 4.14. The Morgan fingerprint density at radius 2 is 1.55 bits per heavy atom. The van der Waals surface area contributed by atoms with Gasteiger partial charge in [0.15, 0.2) is 5.69 Å². The highest BCUT2D eigenvalue weighted by Gasteiger charge is 2.17. The number of fused-ring (bicyclic) bond motifs is 1. The Labute approximate surface area is 165 Å². The zero-order chi connectivity index (χ0) is 20.8. The molecule has 0 spiro atoms. The Bertz CT molecular complexity index is 1120. The fraction of sp³-hybridized carbons (Fsp3) is 0.150. The predicted molar refractivity (Wildman–Crippen MR) is 106 cm³/mol. The van der Waals surface area contributed by atoms with E-state index >= 15 is 0 Å². The Hall–Kier alpha value is -4.01. The lowest BCUT2D eigenvalue weighted by molar-refractivity contribution is -0.120. The quantitative estimate of drug-likeness (QED) is 0.548. The number of carbonyl (C=O) groups is 3. The number of carbonyl (C=O) groups excluding carboxylic acids is 3. The molecule has 1 heterocycles. The van der Waals surface area contributed by atoms with Gasteiger partial charge in [0.2, 0.25) is 0 Å². The highest BCUT2D eigenvalue weighted by atomic mass is 16.2. The third-order valence-corrected chi connectivity index (χ3v) is 4.14. The molecule has 0 saturated heterocycles. The Balaban J connectivity index is 1.65. The summed E-state index contributed by atoms with van der Waals surface area (Å²) < 4.78 is 1.18. The maximum atomic E-state index is 12.5. The molecule has 0 atom stereocenters. The minimum Gasteiger partial charge on any atom is -0.343 e. The van der Waals surface area contributed by atoms with Gasteiger partial charge >= 0.3 is 0 Å². The molecular weight excluding hydrogens is 374 g/mol. The summed E-state index contributed by atoms with van der Waals surface area (Å²) in [6.07, 6.45) is 0. The second kappa shape index (κ2) is 8.79. The summed E-state index contributed by atoms with van der Waals surface area (Å²) in [7, 11) is 0. The number of benzene rings is 2. The van der Waals surface area contributed by atoms with Crippen LogP contribution in [0.1, 0.15) is 27.8 Å². The fourth-order valence-corrected chi connectivity index (χ4v) is 2.70. The maximum absolute atomic E-state index is 12.5. The molecule has 1 aromatic heterocycles. The van der Waals surface area contributed by atoms with E-state index in [2.05, 4.69) is 21.3 Å². The first-order chi connectivity index (χ1) is 14.0. The van der Waals surface area contributed by atoms with E-state index in [0.29, 0.717) is 22.9 Å². The fourth-order valence-electron chi connectivity index (χ4n) is 2.70. The molecule has 0 aliphatic rings. The number of amides is 3. The number of hydrazine groups is 1. The van der Waals surface area contributed by atoms with Crippen molar-refractivity contribution in [3.05, 3.63) is 76.2 Å². The van der Waals surface area contributed by atoms with Crippen molar-refractivity contribution in [1.29, 1.82) is 0 Å². The Morgan fingerprint density at radius 3 is 2.24 bits per heavy atom. The first-order valence-corrected chi connectivity index (χ1v) is 8.93. The second-order valence-electron chi connectivity index (χ2n) is 6.07. The van der Waals surface area contributed by atoms with E-state index in [1.165, 1.54) is 4.68 Å². The predicted octanol–water partition coefficient (Wildman–Crippen LogP) is 0.607. The molecule has 9 heteroatoms. The van der Waals surface area contributed by atoms with Crippen LogP contribution in [0.4, 0.5) is 0 Å². The normalized spacial score (nSPS) is 10.4. The average Bonchev–Trinajstić information content (AvgIpc) is 2.76. The minimum atomic E-state index is -0.675. The molecular formula is C20H19N5O4.